The van der Waals surface area contributed by atoms with E-state index in [1.54, 1.807) is 10.7 Å². The molecule has 8 heteroatoms. The molecule has 0 atom stereocenters. The maximum absolute atomic E-state index is 13.2. The molecule has 110 valence electrons. The van der Waals surface area contributed by atoms with E-state index in [9.17, 15) is 19.3 Å². The normalized spacial score (nSPS) is 10.7. The number of hydrogen-bond acceptors (Lipinski definition) is 4. The third-order valence-electron chi connectivity index (χ3n) is 2.81. The zero-order chi connectivity index (χ0) is 15.6. The van der Waals surface area contributed by atoms with Crippen molar-refractivity contribution in [1.82, 2.24) is 9.78 Å². The molecule has 1 amide bonds. The van der Waals surface area contributed by atoms with Gasteiger partial charge in [0.25, 0.3) is 5.91 Å². The first kappa shape index (κ1) is 14.6. The van der Waals surface area contributed by atoms with E-state index < -0.39 is 22.3 Å². The lowest BCUT2D eigenvalue weighted by atomic mass is 10.2. The molecule has 1 aromatic carbocycles. The van der Waals surface area contributed by atoms with E-state index in [2.05, 4.69) is 10.4 Å². The lowest BCUT2D eigenvalue weighted by molar-refractivity contribution is -0.387. The van der Waals surface area contributed by atoms with Crippen molar-refractivity contribution >= 4 is 17.4 Å². The van der Waals surface area contributed by atoms with Crippen molar-refractivity contribution in [3.05, 3.63) is 52.0 Å². The Balaban J connectivity index is 2.27. The summed E-state index contributed by atoms with van der Waals surface area (Å²) in [5, 5.41) is 17.3. The van der Waals surface area contributed by atoms with Crippen LogP contribution >= 0.6 is 0 Å². The second-order valence-electron chi connectivity index (χ2n) is 4.63. The number of nitrogens with one attached hydrogen (secondary N) is 1. The van der Waals surface area contributed by atoms with E-state index in [4.69, 9.17) is 0 Å². The molecule has 0 aliphatic carbocycles. The van der Waals surface area contributed by atoms with Crippen LogP contribution in [0.5, 0.6) is 0 Å². The Bertz CT molecular complexity index is 696. The van der Waals surface area contributed by atoms with Crippen LogP contribution in [0.15, 0.2) is 30.5 Å². The van der Waals surface area contributed by atoms with Crippen molar-refractivity contribution in [2.45, 2.75) is 19.9 Å². The molecule has 0 bridgehead atoms. The maximum Gasteiger partial charge on any atom is 0.305 e. The third-order valence-corrected chi connectivity index (χ3v) is 2.81. The number of halogens is 1. The third kappa shape index (κ3) is 3.04. The van der Waals surface area contributed by atoms with Crippen LogP contribution in [0.25, 0.3) is 0 Å². The molecular formula is C13H13FN4O3. The molecule has 0 unspecified atom stereocenters. The van der Waals surface area contributed by atoms with Gasteiger partial charge in [-0.25, -0.2) is 4.68 Å². The Morgan fingerprint density at radius 3 is 2.76 bits per heavy atom. The van der Waals surface area contributed by atoms with E-state index in [0.29, 0.717) is 5.82 Å². The van der Waals surface area contributed by atoms with Gasteiger partial charge in [-0.3, -0.25) is 14.9 Å². The minimum Gasteiger partial charge on any atom is -0.307 e. The molecule has 0 saturated heterocycles. The summed E-state index contributed by atoms with van der Waals surface area (Å²) in [5.74, 6) is -1.09. The van der Waals surface area contributed by atoms with E-state index in [-0.39, 0.29) is 11.6 Å². The van der Waals surface area contributed by atoms with Crippen molar-refractivity contribution in [2.75, 3.05) is 5.32 Å². The zero-order valence-electron chi connectivity index (χ0n) is 11.4. The van der Waals surface area contributed by atoms with Crippen molar-refractivity contribution in [3.63, 3.8) is 0 Å². The molecule has 2 rings (SSSR count). The number of rotatable bonds is 4. The number of carbonyl (C=O) groups is 1. The second-order valence-corrected chi connectivity index (χ2v) is 4.63. The minimum atomic E-state index is -0.983. The van der Waals surface area contributed by atoms with Gasteiger partial charge in [0.15, 0.2) is 0 Å². The summed E-state index contributed by atoms with van der Waals surface area (Å²) in [7, 11) is 0. The Morgan fingerprint density at radius 1 is 1.43 bits per heavy atom. The van der Waals surface area contributed by atoms with Gasteiger partial charge in [-0.2, -0.15) is 9.49 Å². The minimum absolute atomic E-state index is 0.000365. The van der Waals surface area contributed by atoms with Crippen LogP contribution in [-0.4, -0.2) is 20.6 Å². The van der Waals surface area contributed by atoms with Crippen molar-refractivity contribution in [2.24, 2.45) is 0 Å². The Hall–Kier alpha value is -2.77. The molecule has 0 aliphatic heterocycles. The van der Waals surface area contributed by atoms with E-state index in [1.807, 2.05) is 13.8 Å². The fraction of sp³-hybridized carbons (Fsp3) is 0.231. The van der Waals surface area contributed by atoms with Gasteiger partial charge in [0.05, 0.1) is 11.1 Å². The largest absolute Gasteiger partial charge is 0.307 e. The van der Waals surface area contributed by atoms with Gasteiger partial charge >= 0.3 is 5.69 Å². The predicted molar refractivity (Wildman–Crippen MR) is 73.6 cm³/mol. The fourth-order valence-corrected chi connectivity index (χ4v) is 1.81. The first-order valence-corrected chi connectivity index (χ1v) is 6.19. The van der Waals surface area contributed by atoms with Crippen LogP contribution in [0.3, 0.4) is 0 Å². The highest BCUT2D eigenvalue weighted by atomic mass is 19.1. The number of anilines is 1. The standard InChI is InChI=1S/C13H13FN4O3/c1-8(2)17-12(5-6-15-17)16-13(19)9-3-4-10(14)11(7-9)18(20)21/h3-8H,1-2H3,(H,16,19). The van der Waals surface area contributed by atoms with Gasteiger partial charge in [-0.1, -0.05) is 0 Å². The topological polar surface area (TPSA) is 90.1 Å². The molecule has 0 aliphatic rings. The molecule has 1 heterocycles. The molecule has 7 nitrogen and oxygen atoms in total. The van der Waals surface area contributed by atoms with Crippen LogP contribution in [-0.2, 0) is 0 Å². The SMILES string of the molecule is CC(C)n1nccc1NC(=O)c1ccc(F)c([N+](=O)[O-])c1. The summed E-state index contributed by atoms with van der Waals surface area (Å²) in [4.78, 5) is 21.9. The average Bonchev–Trinajstić information content (AvgIpc) is 2.87. The summed E-state index contributed by atoms with van der Waals surface area (Å²) in [6, 6.07) is 4.63. The van der Waals surface area contributed by atoms with Crippen molar-refractivity contribution < 1.29 is 14.1 Å². The summed E-state index contributed by atoms with van der Waals surface area (Å²) < 4.78 is 14.8. The van der Waals surface area contributed by atoms with Gasteiger partial charge in [0, 0.05) is 23.7 Å². The highest BCUT2D eigenvalue weighted by Crippen LogP contribution is 2.20. The lowest BCUT2D eigenvalue weighted by Crippen LogP contribution is -2.17. The van der Waals surface area contributed by atoms with E-state index >= 15 is 0 Å². The van der Waals surface area contributed by atoms with Gasteiger partial charge in [0.1, 0.15) is 5.82 Å². The quantitative estimate of drug-likeness (QED) is 0.693. The van der Waals surface area contributed by atoms with Crippen LogP contribution in [0, 0.1) is 15.9 Å². The first-order valence-electron chi connectivity index (χ1n) is 6.19. The summed E-state index contributed by atoms with van der Waals surface area (Å²) in [6.45, 7) is 3.79. The first-order chi connectivity index (χ1) is 9.90. The Labute approximate surface area is 119 Å². The number of carbonyl (C=O) groups excluding carboxylic acids is 1. The summed E-state index contributed by atoms with van der Waals surface area (Å²) in [5.41, 5.74) is -0.736. The average molecular weight is 292 g/mol. The molecule has 0 saturated carbocycles. The van der Waals surface area contributed by atoms with Crippen molar-refractivity contribution in [3.8, 4) is 0 Å². The number of nitro groups is 1. The maximum atomic E-state index is 13.2. The monoisotopic (exact) mass is 292 g/mol. The summed E-state index contributed by atoms with van der Waals surface area (Å²) >= 11 is 0. The fourth-order valence-electron chi connectivity index (χ4n) is 1.81. The van der Waals surface area contributed by atoms with Gasteiger partial charge in [-0.15, -0.1) is 0 Å². The molecule has 21 heavy (non-hydrogen) atoms. The highest BCUT2D eigenvalue weighted by Gasteiger charge is 2.18. The summed E-state index contributed by atoms with van der Waals surface area (Å²) in [6.07, 6.45) is 1.53. The molecule has 1 N–H and O–H groups in total. The number of hydrogen-bond donors (Lipinski definition) is 1. The van der Waals surface area contributed by atoms with Gasteiger partial charge in [0.2, 0.25) is 5.82 Å². The zero-order valence-corrected chi connectivity index (χ0v) is 11.4. The molecule has 0 fully saturated rings. The number of nitrogens with zero attached hydrogens (tertiary/aromatic N) is 3. The van der Waals surface area contributed by atoms with Gasteiger partial charge < -0.3 is 5.32 Å². The number of amides is 1. The second kappa shape index (κ2) is 5.70. The van der Waals surface area contributed by atoms with E-state index in [1.165, 1.54) is 12.3 Å². The molecule has 2 aromatic rings. The Morgan fingerprint density at radius 2 is 2.14 bits per heavy atom. The number of nitro benzene ring substituents is 1. The van der Waals surface area contributed by atoms with Crippen LogP contribution in [0.1, 0.15) is 30.2 Å². The van der Waals surface area contributed by atoms with Crippen LogP contribution < -0.4 is 5.32 Å². The van der Waals surface area contributed by atoms with Gasteiger partial charge in [-0.05, 0) is 26.0 Å². The molecule has 0 radical (unpaired) electrons. The lowest BCUT2D eigenvalue weighted by Gasteiger charge is -2.11. The molecule has 1 aromatic heterocycles. The smallest absolute Gasteiger partial charge is 0.305 e. The van der Waals surface area contributed by atoms with Crippen LogP contribution in [0.2, 0.25) is 0 Å². The number of aromatic nitrogens is 2. The van der Waals surface area contributed by atoms with Crippen LogP contribution in [0.4, 0.5) is 15.9 Å². The Kier molecular flexibility index (Phi) is 3.97. The molecule has 0 spiro atoms. The highest BCUT2D eigenvalue weighted by molar-refractivity contribution is 6.04. The predicted octanol–water partition coefficient (Wildman–Crippen LogP) is 2.76. The number of benzene rings is 1. The molecular weight excluding hydrogens is 279 g/mol. The van der Waals surface area contributed by atoms with Crippen molar-refractivity contribution in [1.29, 1.82) is 0 Å². The van der Waals surface area contributed by atoms with E-state index in [0.717, 1.165) is 12.1 Å².